The van der Waals surface area contributed by atoms with Gasteiger partial charge in [-0.15, -0.1) is 0 Å². The van der Waals surface area contributed by atoms with Crippen LogP contribution < -0.4 is 15.5 Å². The van der Waals surface area contributed by atoms with E-state index >= 15 is 0 Å². The second-order valence-electron chi connectivity index (χ2n) is 7.48. The van der Waals surface area contributed by atoms with Crippen molar-refractivity contribution in [3.8, 4) is 0 Å². The summed E-state index contributed by atoms with van der Waals surface area (Å²) in [5.41, 5.74) is 5.38. The van der Waals surface area contributed by atoms with Gasteiger partial charge >= 0.3 is 0 Å². The van der Waals surface area contributed by atoms with Crippen molar-refractivity contribution < 1.29 is 4.79 Å². The molecule has 0 aromatic heterocycles. The molecule has 5 heteroatoms. The second-order valence-corrected chi connectivity index (χ2v) is 7.48. The number of anilines is 3. The maximum Gasteiger partial charge on any atom is 0.180 e. The summed E-state index contributed by atoms with van der Waals surface area (Å²) in [5, 5.41) is 7.00. The number of carbonyl (C=O) groups is 1. The van der Waals surface area contributed by atoms with Gasteiger partial charge in [0, 0.05) is 12.6 Å². The Hall–Kier alpha value is -3.60. The lowest BCUT2D eigenvalue weighted by molar-refractivity contribution is 0.0981. The molecule has 0 saturated carbocycles. The van der Waals surface area contributed by atoms with Crippen LogP contribution in [0.2, 0.25) is 0 Å². The van der Waals surface area contributed by atoms with Gasteiger partial charge in [-0.2, -0.15) is 0 Å². The molecule has 5 rings (SSSR count). The summed E-state index contributed by atoms with van der Waals surface area (Å²) in [5.74, 6) is 0.256. The number of nitrogens with one attached hydrogen (secondary N) is 2. The van der Waals surface area contributed by atoms with Crippen LogP contribution in [0, 0.1) is 0 Å². The van der Waals surface area contributed by atoms with Crippen LogP contribution in [0.5, 0.6) is 0 Å². The Balaban J connectivity index is 1.61. The lowest BCUT2D eigenvalue weighted by Gasteiger charge is -2.25. The van der Waals surface area contributed by atoms with Crippen molar-refractivity contribution in [1.29, 1.82) is 0 Å². The van der Waals surface area contributed by atoms with Gasteiger partial charge < -0.3 is 15.5 Å². The Morgan fingerprint density at radius 2 is 1.72 bits per heavy atom. The minimum absolute atomic E-state index is 0.0651. The lowest BCUT2D eigenvalue weighted by atomic mass is 9.86. The monoisotopic (exact) mass is 382 g/mol. The van der Waals surface area contributed by atoms with Crippen LogP contribution in [0.4, 0.5) is 22.7 Å². The second kappa shape index (κ2) is 6.78. The van der Waals surface area contributed by atoms with Crippen LogP contribution >= 0.6 is 0 Å². The van der Waals surface area contributed by atoms with Gasteiger partial charge in [-0.05, 0) is 36.8 Å². The average molecular weight is 382 g/mol. The summed E-state index contributed by atoms with van der Waals surface area (Å²) in [7, 11) is 2.07. The van der Waals surface area contributed by atoms with Gasteiger partial charge in [0.2, 0.25) is 0 Å². The number of hydrogen-bond acceptors (Lipinski definition) is 5. The molecule has 29 heavy (non-hydrogen) atoms. The molecule has 2 heterocycles. The highest BCUT2D eigenvalue weighted by atomic mass is 16.1. The molecule has 0 saturated heterocycles. The maximum atomic E-state index is 13.4. The normalized spacial score (nSPS) is 19.9. The molecule has 2 aliphatic heterocycles. The number of fused-ring (bicyclic) bond motifs is 2. The van der Waals surface area contributed by atoms with Crippen LogP contribution in [-0.4, -0.2) is 24.8 Å². The number of nitrogens with zero attached hydrogens (tertiary/aromatic N) is 2. The molecule has 2 aliphatic rings. The van der Waals surface area contributed by atoms with Gasteiger partial charge in [-0.1, -0.05) is 48.5 Å². The third-order valence-corrected chi connectivity index (χ3v) is 5.70. The van der Waals surface area contributed by atoms with Crippen LogP contribution in [0.25, 0.3) is 0 Å². The van der Waals surface area contributed by atoms with Crippen molar-refractivity contribution in [3.05, 3.63) is 83.9 Å². The number of aliphatic imine (C=N–C) groups is 1. The minimum Gasteiger partial charge on any atom is -0.362 e. The average Bonchev–Trinajstić information content (AvgIpc) is 3.04. The van der Waals surface area contributed by atoms with E-state index in [9.17, 15) is 4.79 Å². The van der Waals surface area contributed by atoms with Crippen molar-refractivity contribution in [1.82, 2.24) is 0 Å². The molecular weight excluding hydrogens is 360 g/mol. The van der Waals surface area contributed by atoms with Crippen molar-refractivity contribution in [2.45, 2.75) is 19.0 Å². The third-order valence-electron chi connectivity index (χ3n) is 5.70. The van der Waals surface area contributed by atoms with Crippen LogP contribution in [0.3, 0.4) is 0 Å². The first-order valence-corrected chi connectivity index (χ1v) is 9.79. The zero-order valence-electron chi connectivity index (χ0n) is 16.4. The number of hydrogen-bond donors (Lipinski definition) is 2. The summed E-state index contributed by atoms with van der Waals surface area (Å²) in [6.07, 6.45) is 0.202. The van der Waals surface area contributed by atoms with Crippen molar-refractivity contribution in [3.63, 3.8) is 0 Å². The fraction of sp³-hybridized carbons (Fsp3) is 0.167. The lowest BCUT2D eigenvalue weighted by Crippen LogP contribution is -2.31. The van der Waals surface area contributed by atoms with Crippen molar-refractivity contribution in [2.75, 3.05) is 22.6 Å². The molecule has 0 radical (unpaired) electrons. The van der Waals surface area contributed by atoms with E-state index in [1.165, 1.54) is 0 Å². The number of carbonyl (C=O) groups excluding carboxylic acids is 1. The number of rotatable bonds is 2. The van der Waals surface area contributed by atoms with Gasteiger partial charge in [-0.25, -0.2) is 4.99 Å². The highest BCUT2D eigenvalue weighted by Gasteiger charge is 2.34. The molecule has 2 N–H and O–H groups in total. The van der Waals surface area contributed by atoms with E-state index in [4.69, 9.17) is 4.99 Å². The standard InChI is InChI=1S/C24H22N4O/c1-15-25-22-19(13-8-14-20(22)28(15)2)27-24-21(16-9-4-3-5-10-16)23(29)17-11-6-7-12-18(17)26-24/h3-15,21,25H,1-2H3,(H,26,27). The first-order chi connectivity index (χ1) is 14.1. The van der Waals surface area contributed by atoms with Gasteiger partial charge in [-0.3, -0.25) is 4.79 Å². The van der Waals surface area contributed by atoms with Gasteiger partial charge in [0.05, 0.1) is 28.9 Å². The smallest absolute Gasteiger partial charge is 0.180 e. The Morgan fingerprint density at radius 3 is 2.55 bits per heavy atom. The summed E-state index contributed by atoms with van der Waals surface area (Å²) in [4.78, 5) is 20.5. The summed E-state index contributed by atoms with van der Waals surface area (Å²) in [6.45, 7) is 2.12. The van der Waals surface area contributed by atoms with Crippen LogP contribution in [0.1, 0.15) is 28.8 Å². The van der Waals surface area contributed by atoms with E-state index < -0.39 is 5.92 Å². The molecule has 2 unspecified atom stereocenters. The van der Waals surface area contributed by atoms with E-state index in [-0.39, 0.29) is 11.9 Å². The van der Waals surface area contributed by atoms with Crippen molar-refractivity contribution >= 4 is 34.4 Å². The SMILES string of the molecule is CC1Nc2c(NC3=Nc4ccccc4C(=O)C3c3ccccc3)cccc2N1C. The van der Waals surface area contributed by atoms with E-state index in [1.54, 1.807) is 0 Å². The Bertz CT molecular complexity index is 1120. The zero-order valence-corrected chi connectivity index (χ0v) is 16.4. The predicted octanol–water partition coefficient (Wildman–Crippen LogP) is 5.02. The number of Topliss-reactive ketones (excluding diaryl/α,β-unsaturated/α-hetero) is 1. The van der Waals surface area contributed by atoms with E-state index in [2.05, 4.69) is 35.6 Å². The quantitative estimate of drug-likeness (QED) is 0.654. The maximum absolute atomic E-state index is 13.4. The molecule has 0 aliphatic carbocycles. The highest BCUT2D eigenvalue weighted by Crippen LogP contribution is 2.41. The number of ketones is 1. The topological polar surface area (TPSA) is 56.7 Å². The Labute approximate surface area is 170 Å². The fourth-order valence-corrected chi connectivity index (χ4v) is 4.05. The molecule has 5 nitrogen and oxygen atoms in total. The molecule has 0 spiro atoms. The zero-order chi connectivity index (χ0) is 20.0. The van der Waals surface area contributed by atoms with E-state index in [0.29, 0.717) is 17.1 Å². The number of benzene rings is 3. The van der Waals surface area contributed by atoms with Gasteiger partial charge in [0.15, 0.2) is 5.78 Å². The molecule has 2 atom stereocenters. The Kier molecular flexibility index (Phi) is 4.09. The molecule has 0 fully saturated rings. The first-order valence-electron chi connectivity index (χ1n) is 9.79. The Morgan fingerprint density at radius 1 is 0.966 bits per heavy atom. The summed E-state index contributed by atoms with van der Waals surface area (Å²) < 4.78 is 0. The summed E-state index contributed by atoms with van der Waals surface area (Å²) >= 11 is 0. The molecule has 3 aromatic rings. The highest BCUT2D eigenvalue weighted by molar-refractivity contribution is 6.24. The van der Waals surface area contributed by atoms with E-state index in [0.717, 1.165) is 22.6 Å². The first kappa shape index (κ1) is 17.5. The summed E-state index contributed by atoms with van der Waals surface area (Å²) in [6, 6.07) is 23.5. The molecule has 0 bridgehead atoms. The largest absolute Gasteiger partial charge is 0.362 e. The predicted molar refractivity (Wildman–Crippen MR) is 119 cm³/mol. The molecule has 3 aromatic carbocycles. The molecule has 0 amide bonds. The van der Waals surface area contributed by atoms with Crippen molar-refractivity contribution in [2.24, 2.45) is 4.99 Å². The fourth-order valence-electron chi connectivity index (χ4n) is 4.05. The minimum atomic E-state index is -0.460. The van der Waals surface area contributed by atoms with Gasteiger partial charge in [0.1, 0.15) is 11.8 Å². The number of amidine groups is 1. The molecular formula is C24H22N4O. The van der Waals surface area contributed by atoms with Crippen LogP contribution in [-0.2, 0) is 0 Å². The third kappa shape index (κ3) is 2.86. The number of para-hydroxylation sites is 2. The molecule has 144 valence electrons. The van der Waals surface area contributed by atoms with Gasteiger partial charge in [0.25, 0.3) is 0 Å². The van der Waals surface area contributed by atoms with Crippen LogP contribution in [0.15, 0.2) is 77.8 Å². The van der Waals surface area contributed by atoms with E-state index in [1.807, 2.05) is 66.7 Å².